The van der Waals surface area contributed by atoms with Gasteiger partial charge >= 0.3 is 5.97 Å². The zero-order chi connectivity index (χ0) is 21.5. The zero-order valence-corrected chi connectivity index (χ0v) is 17.5. The molecule has 0 saturated carbocycles. The van der Waals surface area contributed by atoms with Crippen LogP contribution in [0, 0.1) is 11.3 Å². The number of rotatable bonds is 6. The average Bonchev–Trinajstić information content (AvgIpc) is 2.75. The topological polar surface area (TPSA) is 59.3 Å². The van der Waals surface area contributed by atoms with Crippen molar-refractivity contribution in [3.8, 4) is 17.6 Å². The third-order valence-electron chi connectivity index (χ3n) is 4.14. The third kappa shape index (κ3) is 5.64. The molecule has 150 valence electrons. The summed E-state index contributed by atoms with van der Waals surface area (Å²) in [6, 6.07) is 23.2. The summed E-state index contributed by atoms with van der Waals surface area (Å²) in [5.41, 5.74) is 2.19. The largest absolute Gasteiger partial charge is 0.477 e. The molecule has 0 heterocycles. The molecule has 0 fully saturated rings. The first-order valence-corrected chi connectivity index (χ1v) is 9.82. The smallest absolute Gasteiger partial charge is 0.352 e. The van der Waals surface area contributed by atoms with Crippen LogP contribution in [0.15, 0.2) is 72.8 Å². The fourth-order valence-electron chi connectivity index (χ4n) is 2.61. The number of allylic oxidation sites excluding steroid dienone is 1. The number of halogens is 2. The molecule has 0 aliphatic rings. The van der Waals surface area contributed by atoms with Crippen molar-refractivity contribution in [1.29, 1.82) is 5.26 Å². The standard InChI is InChI=1S/C24H17Cl2NO3/c1-16(29-23-12-9-20(25)14-22(23)26)24(28)30-21-10-7-17(8-11-21)13-19(15-27)18-5-3-2-4-6-18/h2-14,16H,1H3/b19-13-. The molecule has 30 heavy (non-hydrogen) atoms. The van der Waals surface area contributed by atoms with Crippen LogP contribution in [-0.4, -0.2) is 12.1 Å². The number of ether oxygens (including phenoxy) is 2. The minimum Gasteiger partial charge on any atom is -0.477 e. The Morgan fingerprint density at radius 2 is 1.73 bits per heavy atom. The summed E-state index contributed by atoms with van der Waals surface area (Å²) in [4.78, 5) is 12.3. The highest BCUT2D eigenvalue weighted by Gasteiger charge is 2.18. The summed E-state index contributed by atoms with van der Waals surface area (Å²) >= 11 is 11.9. The quantitative estimate of drug-likeness (QED) is 0.193. The van der Waals surface area contributed by atoms with Crippen LogP contribution in [0.4, 0.5) is 0 Å². The van der Waals surface area contributed by atoms with E-state index in [1.54, 1.807) is 49.4 Å². The maximum Gasteiger partial charge on any atom is 0.352 e. The van der Waals surface area contributed by atoms with Crippen LogP contribution >= 0.6 is 23.2 Å². The third-order valence-corrected chi connectivity index (χ3v) is 4.67. The van der Waals surface area contributed by atoms with Gasteiger partial charge in [0.15, 0.2) is 6.10 Å². The van der Waals surface area contributed by atoms with Crippen molar-refractivity contribution in [2.24, 2.45) is 0 Å². The summed E-state index contributed by atoms with van der Waals surface area (Å²) in [5.74, 6) is 0.148. The fourth-order valence-corrected chi connectivity index (χ4v) is 3.06. The molecule has 0 aliphatic heterocycles. The van der Waals surface area contributed by atoms with E-state index in [1.165, 1.54) is 6.07 Å². The van der Waals surface area contributed by atoms with E-state index in [4.69, 9.17) is 32.7 Å². The molecule has 6 heteroatoms. The molecule has 1 unspecified atom stereocenters. The number of benzene rings is 3. The minimum atomic E-state index is -0.869. The van der Waals surface area contributed by atoms with Crippen molar-refractivity contribution in [2.75, 3.05) is 0 Å². The van der Waals surface area contributed by atoms with Crippen LogP contribution in [0.25, 0.3) is 11.6 Å². The first-order chi connectivity index (χ1) is 14.5. The second-order valence-corrected chi connectivity index (χ2v) is 7.20. The molecule has 1 atom stereocenters. The molecule has 0 bridgehead atoms. The summed E-state index contributed by atoms with van der Waals surface area (Å²) in [6.45, 7) is 1.57. The van der Waals surface area contributed by atoms with E-state index in [0.717, 1.165) is 11.1 Å². The van der Waals surface area contributed by atoms with Crippen LogP contribution in [0.2, 0.25) is 10.0 Å². The second-order valence-electron chi connectivity index (χ2n) is 6.36. The highest BCUT2D eigenvalue weighted by molar-refractivity contribution is 6.35. The fraction of sp³-hybridized carbons (Fsp3) is 0.0833. The van der Waals surface area contributed by atoms with Gasteiger partial charge in [0.25, 0.3) is 0 Å². The van der Waals surface area contributed by atoms with E-state index in [0.29, 0.717) is 27.1 Å². The maximum absolute atomic E-state index is 12.3. The lowest BCUT2D eigenvalue weighted by atomic mass is 10.0. The van der Waals surface area contributed by atoms with Gasteiger partial charge in [-0.3, -0.25) is 0 Å². The van der Waals surface area contributed by atoms with Crippen molar-refractivity contribution >= 4 is 40.8 Å². The molecule has 3 aromatic rings. The molecule has 4 nitrogen and oxygen atoms in total. The number of esters is 1. The lowest BCUT2D eigenvalue weighted by Crippen LogP contribution is -2.28. The van der Waals surface area contributed by atoms with Gasteiger partial charge in [-0.1, -0.05) is 65.7 Å². The molecule has 0 amide bonds. The predicted molar refractivity (Wildman–Crippen MR) is 119 cm³/mol. The Bertz CT molecular complexity index is 1100. The SMILES string of the molecule is CC(Oc1ccc(Cl)cc1Cl)C(=O)Oc1ccc(/C=C(/C#N)c2ccccc2)cc1. The van der Waals surface area contributed by atoms with Crippen LogP contribution in [-0.2, 0) is 4.79 Å². The summed E-state index contributed by atoms with van der Waals surface area (Å²) in [6.07, 6.45) is 0.904. The van der Waals surface area contributed by atoms with Gasteiger partial charge in [0.2, 0.25) is 0 Å². The molecule has 0 aliphatic carbocycles. The van der Waals surface area contributed by atoms with Crippen LogP contribution < -0.4 is 9.47 Å². The molecule has 0 N–H and O–H groups in total. The van der Waals surface area contributed by atoms with Crippen molar-refractivity contribution in [3.05, 3.63) is 94.0 Å². The van der Waals surface area contributed by atoms with Crippen molar-refractivity contribution in [1.82, 2.24) is 0 Å². The Morgan fingerprint density at radius 1 is 1.03 bits per heavy atom. The van der Waals surface area contributed by atoms with Gasteiger partial charge < -0.3 is 9.47 Å². The van der Waals surface area contributed by atoms with E-state index >= 15 is 0 Å². The van der Waals surface area contributed by atoms with Gasteiger partial charge in [-0.05, 0) is 54.5 Å². The molecule has 0 aromatic heterocycles. The van der Waals surface area contributed by atoms with Crippen molar-refractivity contribution in [2.45, 2.75) is 13.0 Å². The average molecular weight is 438 g/mol. The Balaban J connectivity index is 1.65. The zero-order valence-electron chi connectivity index (χ0n) is 16.0. The number of nitriles is 1. The van der Waals surface area contributed by atoms with E-state index in [2.05, 4.69) is 6.07 Å². The van der Waals surface area contributed by atoms with Crippen molar-refractivity contribution in [3.63, 3.8) is 0 Å². The lowest BCUT2D eigenvalue weighted by molar-refractivity contribution is -0.141. The molecular weight excluding hydrogens is 421 g/mol. The van der Waals surface area contributed by atoms with E-state index in [-0.39, 0.29) is 0 Å². The van der Waals surface area contributed by atoms with Crippen LogP contribution in [0.1, 0.15) is 18.1 Å². The molecular formula is C24H17Cl2NO3. The lowest BCUT2D eigenvalue weighted by Gasteiger charge is -2.15. The summed E-state index contributed by atoms with van der Waals surface area (Å²) < 4.78 is 10.9. The van der Waals surface area contributed by atoms with Gasteiger partial charge in [-0.2, -0.15) is 5.26 Å². The monoisotopic (exact) mass is 437 g/mol. The minimum absolute atomic E-state index is 0.310. The van der Waals surface area contributed by atoms with E-state index < -0.39 is 12.1 Å². The Morgan fingerprint density at radius 3 is 2.37 bits per heavy atom. The van der Waals surface area contributed by atoms with Crippen LogP contribution in [0.5, 0.6) is 11.5 Å². The van der Waals surface area contributed by atoms with Gasteiger partial charge in [-0.15, -0.1) is 0 Å². The molecule has 0 saturated heterocycles. The molecule has 3 rings (SSSR count). The number of nitrogens with zero attached hydrogens (tertiary/aromatic N) is 1. The highest BCUT2D eigenvalue weighted by Crippen LogP contribution is 2.28. The molecule has 3 aromatic carbocycles. The van der Waals surface area contributed by atoms with E-state index in [9.17, 15) is 10.1 Å². The molecule has 0 radical (unpaired) electrons. The Hall–Kier alpha value is -3.26. The first kappa shape index (κ1) is 21.4. The molecule has 0 spiro atoms. The highest BCUT2D eigenvalue weighted by atomic mass is 35.5. The number of hydrogen-bond donors (Lipinski definition) is 0. The normalized spacial score (nSPS) is 12.0. The summed E-state index contributed by atoms with van der Waals surface area (Å²) in [5, 5.41) is 10.2. The van der Waals surface area contributed by atoms with Crippen LogP contribution in [0.3, 0.4) is 0 Å². The predicted octanol–water partition coefficient (Wildman–Crippen LogP) is 6.43. The van der Waals surface area contributed by atoms with Crippen molar-refractivity contribution < 1.29 is 14.3 Å². The van der Waals surface area contributed by atoms with Gasteiger partial charge in [0.1, 0.15) is 11.5 Å². The number of carbonyl (C=O) groups excluding carboxylic acids is 1. The summed E-state index contributed by atoms with van der Waals surface area (Å²) in [7, 11) is 0. The second kappa shape index (κ2) is 9.98. The van der Waals surface area contributed by atoms with Gasteiger partial charge in [-0.25, -0.2) is 4.79 Å². The Labute approximate surface area is 184 Å². The van der Waals surface area contributed by atoms with Gasteiger partial charge in [0.05, 0.1) is 16.7 Å². The van der Waals surface area contributed by atoms with E-state index in [1.807, 2.05) is 30.3 Å². The first-order valence-electron chi connectivity index (χ1n) is 9.07. The number of carbonyl (C=O) groups is 1. The Kier molecular flexibility index (Phi) is 7.13. The van der Waals surface area contributed by atoms with Gasteiger partial charge in [0, 0.05) is 5.02 Å². The number of hydrogen-bond acceptors (Lipinski definition) is 4. The maximum atomic E-state index is 12.3.